The van der Waals surface area contributed by atoms with E-state index in [0.29, 0.717) is 6.54 Å². The highest BCUT2D eigenvalue weighted by atomic mass is 35.5. The van der Waals surface area contributed by atoms with Gasteiger partial charge in [-0.15, -0.1) is 12.4 Å². The molecule has 2 aromatic rings. The van der Waals surface area contributed by atoms with Gasteiger partial charge in [-0.3, -0.25) is 14.5 Å². The van der Waals surface area contributed by atoms with Crippen LogP contribution >= 0.6 is 12.4 Å². The normalized spacial score (nSPS) is 10.2. The van der Waals surface area contributed by atoms with E-state index in [4.69, 9.17) is 5.11 Å². The highest BCUT2D eigenvalue weighted by molar-refractivity contribution is 5.93. The van der Waals surface area contributed by atoms with Crippen LogP contribution in [0.5, 0.6) is 0 Å². The predicted octanol–water partition coefficient (Wildman–Crippen LogP) is 3.04. The first-order chi connectivity index (χ1) is 11.5. The number of benzene rings is 2. The summed E-state index contributed by atoms with van der Waals surface area (Å²) in [7, 11) is 1.73. The summed E-state index contributed by atoms with van der Waals surface area (Å²) in [6, 6.07) is 17.8. The van der Waals surface area contributed by atoms with E-state index in [-0.39, 0.29) is 31.3 Å². The molecular weight excluding hydrogens is 340 g/mol. The van der Waals surface area contributed by atoms with Crippen molar-refractivity contribution < 1.29 is 14.7 Å². The fourth-order valence-corrected chi connectivity index (χ4v) is 2.41. The molecule has 0 bridgehead atoms. The van der Waals surface area contributed by atoms with Crippen molar-refractivity contribution in [3.8, 4) is 0 Å². The summed E-state index contributed by atoms with van der Waals surface area (Å²) in [6.07, 6.45) is 0.764. The van der Waals surface area contributed by atoms with Crippen LogP contribution in [0.1, 0.15) is 17.5 Å². The first kappa shape index (κ1) is 20.7. The molecule has 0 spiro atoms. The Labute approximate surface area is 154 Å². The second-order valence-corrected chi connectivity index (χ2v) is 5.75. The van der Waals surface area contributed by atoms with Crippen molar-refractivity contribution in [2.24, 2.45) is 0 Å². The number of amides is 1. The van der Waals surface area contributed by atoms with Gasteiger partial charge in [0.1, 0.15) is 0 Å². The molecule has 0 saturated carbocycles. The molecule has 2 N–H and O–H groups in total. The Morgan fingerprint density at radius 1 is 1.04 bits per heavy atom. The van der Waals surface area contributed by atoms with Gasteiger partial charge in [-0.05, 0) is 30.7 Å². The fourth-order valence-electron chi connectivity index (χ4n) is 2.41. The number of anilines is 1. The topological polar surface area (TPSA) is 69.6 Å². The molecule has 0 radical (unpaired) electrons. The smallest absolute Gasteiger partial charge is 0.304 e. The van der Waals surface area contributed by atoms with Crippen LogP contribution in [0.25, 0.3) is 0 Å². The van der Waals surface area contributed by atoms with E-state index < -0.39 is 5.97 Å². The third-order valence-corrected chi connectivity index (χ3v) is 3.65. The highest BCUT2D eigenvalue weighted by Gasteiger charge is 2.10. The molecule has 0 fully saturated rings. The molecule has 0 aliphatic rings. The van der Waals surface area contributed by atoms with E-state index >= 15 is 0 Å². The van der Waals surface area contributed by atoms with E-state index in [1.807, 2.05) is 42.5 Å². The Balaban J connectivity index is 0.00000312. The number of carbonyl (C=O) groups excluding carboxylic acids is 1. The number of para-hydroxylation sites is 1. The van der Waals surface area contributed by atoms with Gasteiger partial charge >= 0.3 is 5.97 Å². The van der Waals surface area contributed by atoms with Crippen molar-refractivity contribution in [1.82, 2.24) is 4.90 Å². The molecule has 0 atom stereocenters. The zero-order valence-corrected chi connectivity index (χ0v) is 15.0. The maximum atomic E-state index is 12.2. The van der Waals surface area contributed by atoms with Crippen molar-refractivity contribution in [3.05, 3.63) is 65.7 Å². The number of carbonyl (C=O) groups is 2. The van der Waals surface area contributed by atoms with E-state index in [2.05, 4.69) is 17.4 Å². The highest BCUT2D eigenvalue weighted by Crippen LogP contribution is 2.19. The number of carboxylic acids is 1. The van der Waals surface area contributed by atoms with Crippen LogP contribution in [0.15, 0.2) is 54.6 Å². The number of aliphatic carboxylic acids is 1. The van der Waals surface area contributed by atoms with Gasteiger partial charge < -0.3 is 10.4 Å². The summed E-state index contributed by atoms with van der Waals surface area (Å²) >= 11 is 0. The quantitative estimate of drug-likeness (QED) is 0.757. The van der Waals surface area contributed by atoms with Crippen LogP contribution in [0, 0.1) is 0 Å². The Bertz CT molecular complexity index is 692. The van der Waals surface area contributed by atoms with Gasteiger partial charge in [-0.2, -0.15) is 0 Å². The van der Waals surface area contributed by atoms with Crippen molar-refractivity contribution in [1.29, 1.82) is 0 Å². The molecule has 25 heavy (non-hydrogen) atoms. The van der Waals surface area contributed by atoms with Crippen LogP contribution in [-0.4, -0.2) is 42.0 Å². The molecule has 0 unspecified atom stereocenters. The van der Waals surface area contributed by atoms with Crippen molar-refractivity contribution in [2.75, 3.05) is 25.5 Å². The number of nitrogens with zero attached hydrogens (tertiary/aromatic N) is 1. The van der Waals surface area contributed by atoms with Crippen LogP contribution in [0.2, 0.25) is 0 Å². The number of rotatable bonds is 8. The minimum absolute atomic E-state index is 0. The Kier molecular flexibility index (Phi) is 8.67. The zero-order valence-electron chi connectivity index (χ0n) is 14.1. The van der Waals surface area contributed by atoms with Gasteiger partial charge in [-0.25, -0.2) is 0 Å². The fraction of sp³-hybridized carbons (Fsp3) is 0.263. The summed E-state index contributed by atoms with van der Waals surface area (Å²) in [6.45, 7) is 0.501. The SMILES string of the molecule is CN(CCC(=O)O)CC(=O)Nc1ccccc1Cc1ccccc1.Cl. The van der Waals surface area contributed by atoms with Gasteiger partial charge in [-0.1, -0.05) is 48.5 Å². The van der Waals surface area contributed by atoms with Crippen molar-refractivity contribution in [3.63, 3.8) is 0 Å². The number of hydrogen-bond acceptors (Lipinski definition) is 3. The van der Waals surface area contributed by atoms with Crippen molar-refractivity contribution in [2.45, 2.75) is 12.8 Å². The zero-order chi connectivity index (χ0) is 17.4. The average Bonchev–Trinajstić information content (AvgIpc) is 2.55. The third kappa shape index (κ3) is 7.37. The van der Waals surface area contributed by atoms with E-state index in [1.165, 1.54) is 5.56 Å². The Hall–Kier alpha value is -2.37. The maximum absolute atomic E-state index is 12.2. The minimum Gasteiger partial charge on any atom is -0.481 e. The number of carboxylic acid groups (broad SMARTS) is 1. The first-order valence-corrected chi connectivity index (χ1v) is 7.86. The van der Waals surface area contributed by atoms with E-state index in [0.717, 1.165) is 17.7 Å². The molecule has 0 saturated heterocycles. The lowest BCUT2D eigenvalue weighted by Crippen LogP contribution is -2.32. The van der Waals surface area contributed by atoms with E-state index in [9.17, 15) is 9.59 Å². The number of likely N-dealkylation sites (N-methyl/N-ethyl adjacent to an activating group) is 1. The Morgan fingerprint density at radius 3 is 2.36 bits per heavy atom. The second-order valence-electron chi connectivity index (χ2n) is 5.75. The van der Waals surface area contributed by atoms with Gasteiger partial charge in [0.25, 0.3) is 0 Å². The van der Waals surface area contributed by atoms with E-state index in [1.54, 1.807) is 11.9 Å². The molecule has 0 aliphatic heterocycles. The van der Waals surface area contributed by atoms with Crippen molar-refractivity contribution >= 4 is 30.0 Å². The first-order valence-electron chi connectivity index (χ1n) is 7.86. The monoisotopic (exact) mass is 362 g/mol. The molecule has 2 rings (SSSR count). The molecule has 0 heterocycles. The van der Waals surface area contributed by atoms with Crippen LogP contribution in [0.4, 0.5) is 5.69 Å². The van der Waals surface area contributed by atoms with Gasteiger partial charge in [0.2, 0.25) is 5.91 Å². The largest absolute Gasteiger partial charge is 0.481 e. The van der Waals surface area contributed by atoms with Crippen LogP contribution < -0.4 is 5.32 Å². The second kappa shape index (κ2) is 10.5. The minimum atomic E-state index is -0.865. The summed E-state index contributed by atoms with van der Waals surface area (Å²) < 4.78 is 0. The molecule has 6 heteroatoms. The molecule has 5 nitrogen and oxygen atoms in total. The molecular formula is C19H23ClN2O3. The van der Waals surface area contributed by atoms with Gasteiger partial charge in [0.15, 0.2) is 0 Å². The number of nitrogens with one attached hydrogen (secondary N) is 1. The summed E-state index contributed by atoms with van der Waals surface area (Å²) in [5.74, 6) is -1.01. The summed E-state index contributed by atoms with van der Waals surface area (Å²) in [5.41, 5.74) is 3.01. The predicted molar refractivity (Wildman–Crippen MR) is 101 cm³/mol. The molecule has 0 aromatic heterocycles. The number of hydrogen-bond donors (Lipinski definition) is 2. The summed E-state index contributed by atoms with van der Waals surface area (Å²) in [4.78, 5) is 24.4. The van der Waals surface area contributed by atoms with Gasteiger partial charge in [0.05, 0.1) is 13.0 Å². The third-order valence-electron chi connectivity index (χ3n) is 3.65. The van der Waals surface area contributed by atoms with Gasteiger partial charge in [0, 0.05) is 12.2 Å². The lowest BCUT2D eigenvalue weighted by molar-refractivity contribution is -0.137. The lowest BCUT2D eigenvalue weighted by atomic mass is 10.0. The summed E-state index contributed by atoms with van der Waals surface area (Å²) in [5, 5.41) is 11.6. The molecule has 134 valence electrons. The Morgan fingerprint density at radius 2 is 1.68 bits per heavy atom. The molecule has 0 aliphatic carbocycles. The molecule has 2 aromatic carbocycles. The standard InChI is InChI=1S/C19H22N2O3.ClH/c1-21(12-11-19(23)24)14-18(22)20-17-10-6-5-9-16(17)13-15-7-3-2-4-8-15;/h2-10H,11-14H2,1H3,(H,20,22)(H,23,24);1H. The van der Waals surface area contributed by atoms with Crippen LogP contribution in [-0.2, 0) is 16.0 Å². The average molecular weight is 363 g/mol. The lowest BCUT2D eigenvalue weighted by Gasteiger charge is -2.16. The van der Waals surface area contributed by atoms with Crippen LogP contribution in [0.3, 0.4) is 0 Å². The number of halogens is 1. The molecule has 1 amide bonds. The maximum Gasteiger partial charge on any atom is 0.304 e.